The Labute approximate surface area is 170 Å². The van der Waals surface area contributed by atoms with E-state index in [0.29, 0.717) is 30.0 Å². The second-order valence-electron chi connectivity index (χ2n) is 9.01. The Morgan fingerprint density at radius 1 is 1.17 bits per heavy atom. The van der Waals surface area contributed by atoms with Gasteiger partial charge in [0.25, 0.3) is 5.91 Å². The van der Waals surface area contributed by atoms with Crippen molar-refractivity contribution in [2.75, 3.05) is 13.1 Å². The van der Waals surface area contributed by atoms with E-state index in [-0.39, 0.29) is 24.1 Å². The lowest BCUT2D eigenvalue weighted by Gasteiger charge is -2.29. The van der Waals surface area contributed by atoms with Gasteiger partial charge >= 0.3 is 0 Å². The van der Waals surface area contributed by atoms with Gasteiger partial charge in [0.05, 0.1) is 0 Å². The molecule has 3 aliphatic heterocycles. The maximum absolute atomic E-state index is 12.8. The van der Waals surface area contributed by atoms with Gasteiger partial charge in [-0.1, -0.05) is 18.6 Å². The molecule has 1 unspecified atom stereocenters. The van der Waals surface area contributed by atoms with E-state index >= 15 is 0 Å². The summed E-state index contributed by atoms with van der Waals surface area (Å²) in [6.45, 7) is 3.38. The molecule has 7 nitrogen and oxygen atoms in total. The smallest absolute Gasteiger partial charge is 0.255 e. The summed E-state index contributed by atoms with van der Waals surface area (Å²) >= 11 is 0. The van der Waals surface area contributed by atoms with Crippen molar-refractivity contribution in [3.63, 3.8) is 0 Å². The number of carbonyl (C=O) groups excluding carboxylic acids is 3. The predicted molar refractivity (Wildman–Crippen MR) is 107 cm³/mol. The maximum Gasteiger partial charge on any atom is 0.255 e. The molecule has 4 aliphatic rings. The molecule has 154 valence electrons. The van der Waals surface area contributed by atoms with E-state index in [1.54, 1.807) is 4.90 Å². The van der Waals surface area contributed by atoms with Crippen molar-refractivity contribution in [2.45, 2.75) is 63.7 Å². The zero-order valence-corrected chi connectivity index (χ0v) is 16.6. The monoisotopic (exact) mass is 396 g/mol. The van der Waals surface area contributed by atoms with Crippen LogP contribution in [0.2, 0.25) is 0 Å². The number of carbonyl (C=O) groups is 3. The van der Waals surface area contributed by atoms with E-state index in [0.717, 1.165) is 25.2 Å². The van der Waals surface area contributed by atoms with Crippen molar-refractivity contribution in [1.82, 2.24) is 20.9 Å². The number of amides is 3. The van der Waals surface area contributed by atoms with Gasteiger partial charge in [0.15, 0.2) is 0 Å². The third-order valence-corrected chi connectivity index (χ3v) is 7.31. The summed E-state index contributed by atoms with van der Waals surface area (Å²) in [5.41, 5.74) is 3.22. The van der Waals surface area contributed by atoms with Crippen molar-refractivity contribution < 1.29 is 14.4 Å². The number of hydrogen-bond acceptors (Lipinski definition) is 5. The van der Waals surface area contributed by atoms with Crippen LogP contribution in [0.3, 0.4) is 0 Å². The largest absolute Gasteiger partial charge is 0.322 e. The summed E-state index contributed by atoms with van der Waals surface area (Å²) in [4.78, 5) is 38.0. The lowest BCUT2D eigenvalue weighted by atomic mass is 9.82. The van der Waals surface area contributed by atoms with Gasteiger partial charge in [0.2, 0.25) is 11.8 Å². The maximum atomic E-state index is 12.8. The van der Waals surface area contributed by atoms with E-state index < -0.39 is 6.04 Å². The normalized spacial score (nSPS) is 31.2. The lowest BCUT2D eigenvalue weighted by Crippen LogP contribution is -2.52. The molecule has 5 rings (SSSR count). The second kappa shape index (κ2) is 7.22. The molecule has 1 aromatic rings. The number of benzene rings is 1. The predicted octanol–water partition coefficient (Wildman–Crippen LogP) is 1.07. The molecule has 0 bridgehead atoms. The molecule has 2 saturated heterocycles. The molecule has 0 spiro atoms. The van der Waals surface area contributed by atoms with E-state index in [2.05, 4.69) is 22.0 Å². The summed E-state index contributed by atoms with van der Waals surface area (Å²) in [5, 5.41) is 9.66. The fraction of sp³-hybridized carbons (Fsp3) is 0.591. The Morgan fingerprint density at radius 3 is 2.93 bits per heavy atom. The molecule has 1 saturated carbocycles. The highest BCUT2D eigenvalue weighted by Crippen LogP contribution is 2.44. The van der Waals surface area contributed by atoms with Crippen LogP contribution in [0.15, 0.2) is 18.2 Å². The highest BCUT2D eigenvalue weighted by molar-refractivity contribution is 6.05. The van der Waals surface area contributed by atoms with Gasteiger partial charge in [-0.3, -0.25) is 19.7 Å². The number of rotatable bonds is 5. The van der Waals surface area contributed by atoms with E-state index in [9.17, 15) is 14.4 Å². The average molecular weight is 396 g/mol. The average Bonchev–Trinajstić information content (AvgIpc) is 3.35. The van der Waals surface area contributed by atoms with Crippen molar-refractivity contribution in [3.05, 3.63) is 34.9 Å². The molecule has 3 amide bonds. The van der Waals surface area contributed by atoms with Crippen molar-refractivity contribution in [1.29, 1.82) is 0 Å². The van der Waals surface area contributed by atoms with Gasteiger partial charge in [-0.2, -0.15) is 0 Å². The minimum absolute atomic E-state index is 0.112. The SMILES string of the molecule is O=C1CCC(N2Cc3cc(CNC[C@]45CCC[C@H]4NCC5)ccc3C2=O)C(=O)N1. The molecular formula is C22H28N4O3. The van der Waals surface area contributed by atoms with Gasteiger partial charge in [-0.15, -0.1) is 0 Å². The van der Waals surface area contributed by atoms with Crippen LogP contribution in [0, 0.1) is 5.41 Å². The van der Waals surface area contributed by atoms with Gasteiger partial charge in [0, 0.05) is 37.7 Å². The molecule has 3 N–H and O–H groups in total. The number of nitrogens with zero attached hydrogens (tertiary/aromatic N) is 1. The van der Waals surface area contributed by atoms with Crippen molar-refractivity contribution >= 4 is 17.7 Å². The van der Waals surface area contributed by atoms with Gasteiger partial charge in [0.1, 0.15) is 6.04 Å². The molecule has 3 fully saturated rings. The van der Waals surface area contributed by atoms with E-state index in [1.807, 2.05) is 12.1 Å². The Kier molecular flexibility index (Phi) is 4.67. The Bertz CT molecular complexity index is 858. The molecule has 0 aromatic heterocycles. The van der Waals surface area contributed by atoms with E-state index in [1.165, 1.54) is 31.2 Å². The quantitative estimate of drug-likeness (QED) is 0.648. The fourth-order valence-corrected chi connectivity index (χ4v) is 5.75. The van der Waals surface area contributed by atoms with Crippen molar-refractivity contribution in [3.8, 4) is 0 Å². The Morgan fingerprint density at radius 2 is 2.07 bits per heavy atom. The minimum Gasteiger partial charge on any atom is -0.322 e. The Balaban J connectivity index is 1.23. The number of imide groups is 1. The molecule has 1 aliphatic carbocycles. The first kappa shape index (κ1) is 18.8. The summed E-state index contributed by atoms with van der Waals surface area (Å²) in [6.07, 6.45) is 5.84. The van der Waals surface area contributed by atoms with Crippen LogP contribution in [0.5, 0.6) is 0 Å². The van der Waals surface area contributed by atoms with Crippen LogP contribution in [-0.2, 0) is 22.7 Å². The fourth-order valence-electron chi connectivity index (χ4n) is 5.75. The first-order valence-corrected chi connectivity index (χ1v) is 10.8. The molecule has 0 radical (unpaired) electrons. The highest BCUT2D eigenvalue weighted by atomic mass is 16.2. The first-order valence-electron chi connectivity index (χ1n) is 10.8. The van der Waals surface area contributed by atoms with Crippen LogP contribution in [-0.4, -0.2) is 47.8 Å². The van der Waals surface area contributed by atoms with Gasteiger partial charge < -0.3 is 15.5 Å². The second-order valence-corrected chi connectivity index (χ2v) is 9.01. The number of hydrogen-bond donors (Lipinski definition) is 3. The summed E-state index contributed by atoms with van der Waals surface area (Å²) in [7, 11) is 0. The van der Waals surface area contributed by atoms with Gasteiger partial charge in [-0.05, 0) is 54.8 Å². The molecule has 7 heteroatoms. The highest BCUT2D eigenvalue weighted by Gasteiger charge is 2.45. The zero-order chi connectivity index (χ0) is 20.0. The molecule has 29 heavy (non-hydrogen) atoms. The molecule has 3 heterocycles. The third kappa shape index (κ3) is 3.26. The van der Waals surface area contributed by atoms with Crippen molar-refractivity contribution in [2.24, 2.45) is 5.41 Å². The lowest BCUT2D eigenvalue weighted by molar-refractivity contribution is -0.136. The molecular weight excluding hydrogens is 368 g/mol. The van der Waals surface area contributed by atoms with E-state index in [4.69, 9.17) is 0 Å². The van der Waals surface area contributed by atoms with Crippen LogP contribution < -0.4 is 16.0 Å². The van der Waals surface area contributed by atoms with Crippen LogP contribution in [0.4, 0.5) is 0 Å². The molecule has 3 atom stereocenters. The van der Waals surface area contributed by atoms with Crippen LogP contribution in [0.1, 0.15) is 60.0 Å². The topological polar surface area (TPSA) is 90.5 Å². The third-order valence-electron chi connectivity index (χ3n) is 7.31. The minimum atomic E-state index is -0.553. The zero-order valence-electron chi connectivity index (χ0n) is 16.6. The van der Waals surface area contributed by atoms with Gasteiger partial charge in [-0.25, -0.2) is 0 Å². The summed E-state index contributed by atoms with van der Waals surface area (Å²) < 4.78 is 0. The summed E-state index contributed by atoms with van der Waals surface area (Å²) in [6, 6.07) is 6.09. The Hall–Kier alpha value is -2.25. The standard InChI is InChI=1S/C22H28N4O3/c27-19-6-5-17(20(28)25-19)26-12-15-10-14(3-4-16(15)21(26)29)11-23-13-22-7-1-2-18(22)24-9-8-22/h3-4,10,17-18,23-24H,1-2,5-9,11-13H2,(H,25,27,28)/t17?,18-,22-/m1/s1. The first-order chi connectivity index (χ1) is 14.1. The number of fused-ring (bicyclic) bond motifs is 2. The van der Waals surface area contributed by atoms with Crippen LogP contribution in [0.25, 0.3) is 0 Å². The number of piperidine rings is 1. The molecule has 1 aromatic carbocycles. The van der Waals surface area contributed by atoms with Crippen LogP contribution >= 0.6 is 0 Å². The number of nitrogens with one attached hydrogen (secondary N) is 3. The summed E-state index contributed by atoms with van der Waals surface area (Å²) in [5.74, 6) is -0.733.